The number of likely N-dealkylation sites (tertiary alicyclic amines) is 1. The molecule has 0 bridgehead atoms. The first-order valence-corrected chi connectivity index (χ1v) is 6.80. The van der Waals surface area contributed by atoms with Gasteiger partial charge in [0.15, 0.2) is 0 Å². The summed E-state index contributed by atoms with van der Waals surface area (Å²) in [6.45, 7) is 1.14. The topological polar surface area (TPSA) is 72.6 Å². The van der Waals surface area contributed by atoms with Crippen molar-refractivity contribution in [1.82, 2.24) is 4.90 Å². The second-order valence-corrected chi connectivity index (χ2v) is 5.09. The van der Waals surface area contributed by atoms with Crippen LogP contribution in [0.5, 0.6) is 5.75 Å². The average Bonchev–Trinajstić information content (AvgIpc) is 2.81. The first kappa shape index (κ1) is 14.4. The lowest BCUT2D eigenvalue weighted by Gasteiger charge is -2.15. The third-order valence-electron chi connectivity index (χ3n) is 3.67. The van der Waals surface area contributed by atoms with Crippen LogP contribution in [0.4, 0.5) is 0 Å². The molecule has 0 saturated carbocycles. The first-order chi connectivity index (χ1) is 9.60. The fourth-order valence-corrected chi connectivity index (χ4v) is 2.45. The van der Waals surface area contributed by atoms with Crippen molar-refractivity contribution in [3.05, 3.63) is 29.8 Å². The summed E-state index contributed by atoms with van der Waals surface area (Å²) < 4.78 is 5.11. The van der Waals surface area contributed by atoms with E-state index >= 15 is 0 Å². The lowest BCUT2D eigenvalue weighted by atomic mass is 10.1. The highest BCUT2D eigenvalue weighted by atomic mass is 16.5. The molecule has 20 heavy (non-hydrogen) atoms. The fourth-order valence-electron chi connectivity index (χ4n) is 2.45. The van der Waals surface area contributed by atoms with Gasteiger partial charge in [-0.3, -0.25) is 9.59 Å². The predicted octanol–water partition coefficient (Wildman–Crippen LogP) is 0.962. The smallest absolute Gasteiger partial charge is 0.223 e. The van der Waals surface area contributed by atoms with E-state index in [1.807, 2.05) is 24.3 Å². The van der Waals surface area contributed by atoms with Gasteiger partial charge >= 0.3 is 0 Å². The van der Waals surface area contributed by atoms with Gasteiger partial charge in [0.25, 0.3) is 0 Å². The zero-order valence-electron chi connectivity index (χ0n) is 11.7. The molecule has 1 saturated heterocycles. The quantitative estimate of drug-likeness (QED) is 0.841. The second kappa shape index (κ2) is 6.41. The van der Waals surface area contributed by atoms with Gasteiger partial charge in [-0.2, -0.15) is 0 Å². The Hall–Kier alpha value is -2.04. The number of hydrogen-bond donors (Lipinski definition) is 1. The minimum atomic E-state index is -0.379. The van der Waals surface area contributed by atoms with Crippen molar-refractivity contribution in [3.8, 4) is 5.75 Å². The van der Waals surface area contributed by atoms with Gasteiger partial charge < -0.3 is 15.4 Å². The summed E-state index contributed by atoms with van der Waals surface area (Å²) in [5, 5.41) is 0. The molecule has 0 radical (unpaired) electrons. The molecule has 0 aliphatic carbocycles. The summed E-state index contributed by atoms with van der Waals surface area (Å²) in [5.41, 5.74) is 6.45. The van der Waals surface area contributed by atoms with Crippen LogP contribution in [-0.4, -0.2) is 36.9 Å². The number of primary amides is 1. The second-order valence-electron chi connectivity index (χ2n) is 5.09. The van der Waals surface area contributed by atoms with E-state index in [0.717, 1.165) is 18.6 Å². The number of amides is 2. The van der Waals surface area contributed by atoms with Gasteiger partial charge in [-0.05, 0) is 30.5 Å². The monoisotopic (exact) mass is 276 g/mol. The molecular formula is C15H20N2O3. The number of hydrogen-bond acceptors (Lipinski definition) is 3. The van der Waals surface area contributed by atoms with E-state index in [4.69, 9.17) is 10.5 Å². The minimum Gasteiger partial charge on any atom is -0.497 e. The van der Waals surface area contributed by atoms with Crippen molar-refractivity contribution in [2.75, 3.05) is 20.2 Å². The minimum absolute atomic E-state index is 0.0310. The molecule has 1 aromatic rings. The van der Waals surface area contributed by atoms with Gasteiger partial charge in [0.05, 0.1) is 13.0 Å². The number of methoxy groups -OCH3 is 1. The third kappa shape index (κ3) is 3.50. The summed E-state index contributed by atoms with van der Waals surface area (Å²) in [4.78, 5) is 24.5. The maximum absolute atomic E-state index is 11.7. The van der Waals surface area contributed by atoms with E-state index in [1.54, 1.807) is 12.0 Å². The lowest BCUT2D eigenvalue weighted by molar-refractivity contribution is -0.128. The number of nitrogens with zero attached hydrogens (tertiary/aromatic N) is 1. The van der Waals surface area contributed by atoms with E-state index in [-0.39, 0.29) is 24.2 Å². The highest BCUT2D eigenvalue weighted by molar-refractivity contribution is 5.88. The van der Waals surface area contributed by atoms with Crippen molar-refractivity contribution in [1.29, 1.82) is 0 Å². The maximum atomic E-state index is 11.7. The summed E-state index contributed by atoms with van der Waals surface area (Å²) >= 11 is 0. The van der Waals surface area contributed by atoms with Crippen LogP contribution in [0.15, 0.2) is 24.3 Å². The molecule has 5 heteroatoms. The number of ether oxygens (including phenoxy) is 1. The van der Waals surface area contributed by atoms with Crippen LogP contribution in [0.3, 0.4) is 0 Å². The zero-order chi connectivity index (χ0) is 14.5. The molecule has 2 amide bonds. The summed E-state index contributed by atoms with van der Waals surface area (Å²) in [6.07, 6.45) is 2.04. The molecule has 1 fully saturated rings. The Bertz CT molecular complexity index is 484. The third-order valence-corrected chi connectivity index (χ3v) is 3.67. The van der Waals surface area contributed by atoms with Gasteiger partial charge in [-0.25, -0.2) is 0 Å². The number of aryl methyl sites for hydroxylation is 1. The highest BCUT2D eigenvalue weighted by Crippen LogP contribution is 2.18. The molecule has 1 unspecified atom stereocenters. The molecule has 108 valence electrons. The van der Waals surface area contributed by atoms with Crippen LogP contribution in [0.25, 0.3) is 0 Å². The van der Waals surface area contributed by atoms with Crippen LogP contribution in [0.2, 0.25) is 0 Å². The zero-order valence-corrected chi connectivity index (χ0v) is 11.7. The van der Waals surface area contributed by atoms with Crippen molar-refractivity contribution < 1.29 is 14.3 Å². The number of nitrogens with two attached hydrogens (primary N) is 1. The first-order valence-electron chi connectivity index (χ1n) is 6.80. The van der Waals surface area contributed by atoms with E-state index in [2.05, 4.69) is 0 Å². The standard InChI is InChI=1S/C15H20N2O3/c1-20-13-6-4-11(5-7-13)3-2-8-17-10-12(15(16)19)9-14(17)18/h4-7,12H,2-3,8-10H2,1H3,(H2,16,19). The molecule has 2 rings (SSSR count). The van der Waals surface area contributed by atoms with Crippen LogP contribution < -0.4 is 10.5 Å². The Morgan fingerprint density at radius 3 is 2.65 bits per heavy atom. The summed E-state index contributed by atoms with van der Waals surface area (Å²) in [6, 6.07) is 7.91. The van der Waals surface area contributed by atoms with Gasteiger partial charge in [0.1, 0.15) is 5.75 Å². The molecule has 1 aliphatic rings. The number of rotatable bonds is 6. The molecule has 1 heterocycles. The molecule has 1 aromatic carbocycles. The van der Waals surface area contributed by atoms with Gasteiger partial charge in [-0.1, -0.05) is 12.1 Å². The highest BCUT2D eigenvalue weighted by Gasteiger charge is 2.32. The fraction of sp³-hybridized carbons (Fsp3) is 0.467. The number of benzene rings is 1. The average molecular weight is 276 g/mol. The Morgan fingerprint density at radius 2 is 2.10 bits per heavy atom. The Morgan fingerprint density at radius 1 is 1.40 bits per heavy atom. The summed E-state index contributed by atoms with van der Waals surface area (Å²) in [5.74, 6) is 0.177. The molecular weight excluding hydrogens is 256 g/mol. The Labute approximate surface area is 118 Å². The molecule has 0 spiro atoms. The largest absolute Gasteiger partial charge is 0.497 e. The normalized spacial score (nSPS) is 18.4. The van der Waals surface area contributed by atoms with Crippen LogP contribution in [0, 0.1) is 5.92 Å². The molecule has 2 N–H and O–H groups in total. The van der Waals surface area contributed by atoms with Crippen molar-refractivity contribution in [3.63, 3.8) is 0 Å². The number of carbonyl (C=O) groups excluding carboxylic acids is 2. The van der Waals surface area contributed by atoms with Crippen molar-refractivity contribution >= 4 is 11.8 Å². The molecule has 1 atom stereocenters. The molecule has 0 aromatic heterocycles. The van der Waals surface area contributed by atoms with Crippen LogP contribution >= 0.6 is 0 Å². The van der Waals surface area contributed by atoms with Crippen LogP contribution in [-0.2, 0) is 16.0 Å². The molecule has 5 nitrogen and oxygen atoms in total. The van der Waals surface area contributed by atoms with E-state index in [0.29, 0.717) is 13.1 Å². The van der Waals surface area contributed by atoms with Gasteiger partial charge in [-0.15, -0.1) is 0 Å². The number of carbonyl (C=O) groups is 2. The van der Waals surface area contributed by atoms with Crippen molar-refractivity contribution in [2.45, 2.75) is 19.3 Å². The summed E-state index contributed by atoms with van der Waals surface area (Å²) in [7, 11) is 1.64. The van der Waals surface area contributed by atoms with E-state index < -0.39 is 0 Å². The molecule has 1 aliphatic heterocycles. The Balaban J connectivity index is 1.78. The lowest BCUT2D eigenvalue weighted by Crippen LogP contribution is -2.29. The van der Waals surface area contributed by atoms with E-state index in [9.17, 15) is 9.59 Å². The Kier molecular flexibility index (Phi) is 4.61. The van der Waals surface area contributed by atoms with E-state index in [1.165, 1.54) is 5.56 Å². The van der Waals surface area contributed by atoms with Gasteiger partial charge in [0.2, 0.25) is 11.8 Å². The maximum Gasteiger partial charge on any atom is 0.223 e. The van der Waals surface area contributed by atoms with Crippen LogP contribution in [0.1, 0.15) is 18.4 Å². The predicted molar refractivity (Wildman–Crippen MR) is 75.2 cm³/mol. The SMILES string of the molecule is COc1ccc(CCCN2CC(C(N)=O)CC2=O)cc1. The van der Waals surface area contributed by atoms with Crippen molar-refractivity contribution in [2.24, 2.45) is 11.7 Å². The van der Waals surface area contributed by atoms with Gasteiger partial charge in [0, 0.05) is 19.5 Å².